The van der Waals surface area contributed by atoms with Crippen LogP contribution in [0, 0.1) is 0 Å². The maximum atomic E-state index is 12.8. The minimum Gasteiger partial charge on any atom is -0.379 e. The molecule has 5 nitrogen and oxygen atoms in total. The molecule has 0 aromatic carbocycles. The van der Waals surface area contributed by atoms with Crippen molar-refractivity contribution in [3.05, 3.63) is 11.7 Å². The molecule has 0 bridgehead atoms. The molecular weight excluding hydrogens is 258 g/mol. The third kappa shape index (κ3) is 3.39. The molecule has 0 aliphatic rings. The fourth-order valence-corrected chi connectivity index (χ4v) is 1.04. The number of nitrogens with two attached hydrogens (primary N) is 1. The van der Waals surface area contributed by atoms with Crippen LogP contribution in [0.15, 0.2) is 4.52 Å². The van der Waals surface area contributed by atoms with E-state index in [2.05, 4.69) is 14.7 Å². The summed E-state index contributed by atoms with van der Waals surface area (Å²) >= 11 is 0. The summed E-state index contributed by atoms with van der Waals surface area (Å²) in [5.41, 5.74) is 5.53. The zero-order chi connectivity index (χ0) is 13.8. The molecule has 0 spiro atoms. The molecule has 1 atom stereocenters. The average Bonchev–Trinajstić information content (AvgIpc) is 2.78. The van der Waals surface area contributed by atoms with Crippen LogP contribution in [0.25, 0.3) is 0 Å². The van der Waals surface area contributed by atoms with E-state index in [0.717, 1.165) is 6.42 Å². The molecule has 9 heteroatoms. The first-order valence-electron chi connectivity index (χ1n) is 5.23. The van der Waals surface area contributed by atoms with Gasteiger partial charge in [0, 0.05) is 6.61 Å². The number of aromatic nitrogens is 2. The van der Waals surface area contributed by atoms with Gasteiger partial charge in [-0.25, -0.2) is 8.78 Å². The second-order valence-electron chi connectivity index (χ2n) is 3.56. The topological polar surface area (TPSA) is 74.2 Å². The van der Waals surface area contributed by atoms with Crippen molar-refractivity contribution >= 4 is 0 Å². The summed E-state index contributed by atoms with van der Waals surface area (Å²) in [4.78, 5) is 3.17. The van der Waals surface area contributed by atoms with Crippen LogP contribution in [0.2, 0.25) is 0 Å². The minimum absolute atomic E-state index is 0.00688. The van der Waals surface area contributed by atoms with Crippen molar-refractivity contribution in [2.45, 2.75) is 31.7 Å². The summed E-state index contributed by atoms with van der Waals surface area (Å²) in [6.07, 6.45) is -3.16. The number of hydrogen-bond donors (Lipinski definition) is 1. The van der Waals surface area contributed by atoms with E-state index in [1.165, 1.54) is 0 Å². The molecule has 0 aliphatic heterocycles. The summed E-state index contributed by atoms with van der Waals surface area (Å²) in [5, 5.41) is 3.14. The van der Waals surface area contributed by atoms with Crippen molar-refractivity contribution in [2.24, 2.45) is 5.73 Å². The van der Waals surface area contributed by atoms with E-state index in [1.807, 2.05) is 6.92 Å². The molecule has 0 radical (unpaired) electrons. The van der Waals surface area contributed by atoms with E-state index < -0.39 is 24.3 Å². The number of rotatable bonds is 7. The van der Waals surface area contributed by atoms with Crippen LogP contribution in [0.1, 0.15) is 31.1 Å². The van der Waals surface area contributed by atoms with Crippen LogP contribution in [0.5, 0.6) is 0 Å². The zero-order valence-electron chi connectivity index (χ0n) is 9.58. The van der Waals surface area contributed by atoms with Gasteiger partial charge in [-0.2, -0.15) is 13.8 Å². The van der Waals surface area contributed by atoms with Crippen LogP contribution in [0.4, 0.5) is 17.6 Å². The Morgan fingerprint density at radius 3 is 2.67 bits per heavy atom. The summed E-state index contributed by atoms with van der Waals surface area (Å²) < 4.78 is 58.9. The van der Waals surface area contributed by atoms with E-state index in [-0.39, 0.29) is 12.4 Å². The maximum Gasteiger partial charge on any atom is 0.383 e. The van der Waals surface area contributed by atoms with Crippen LogP contribution >= 0.6 is 0 Å². The first-order chi connectivity index (χ1) is 8.39. The predicted molar refractivity (Wildman–Crippen MR) is 52.2 cm³/mol. The van der Waals surface area contributed by atoms with Gasteiger partial charge in [-0.05, 0) is 6.42 Å². The minimum atomic E-state index is -4.48. The first kappa shape index (κ1) is 14.8. The SMILES string of the molecule is CCCOCC(N)c1noc(C(F)(F)C(F)F)n1. The Kier molecular flexibility index (Phi) is 5.03. The van der Waals surface area contributed by atoms with Crippen molar-refractivity contribution in [3.8, 4) is 0 Å². The van der Waals surface area contributed by atoms with E-state index in [4.69, 9.17) is 10.5 Å². The first-order valence-corrected chi connectivity index (χ1v) is 5.23. The second-order valence-corrected chi connectivity index (χ2v) is 3.56. The van der Waals surface area contributed by atoms with Gasteiger partial charge in [0.1, 0.15) is 0 Å². The number of ether oxygens (including phenoxy) is 1. The number of hydrogen-bond acceptors (Lipinski definition) is 5. The molecular formula is C9H13F4N3O2. The normalized spacial score (nSPS) is 14.2. The average molecular weight is 271 g/mol. The van der Waals surface area contributed by atoms with Crippen LogP contribution in [0.3, 0.4) is 0 Å². The molecule has 18 heavy (non-hydrogen) atoms. The Labute approximate surface area is 100 Å². The van der Waals surface area contributed by atoms with Gasteiger partial charge in [-0.15, -0.1) is 0 Å². The number of nitrogens with zero attached hydrogens (tertiary/aromatic N) is 2. The highest BCUT2D eigenvalue weighted by molar-refractivity contribution is 4.98. The van der Waals surface area contributed by atoms with E-state index in [1.54, 1.807) is 0 Å². The standard InChI is InChI=1S/C9H13F4N3O2/c1-2-3-17-4-5(14)6-15-8(18-16-6)9(12,13)7(10)11/h5,7H,2-4,14H2,1H3. The predicted octanol–water partition coefficient (Wildman–Crippen LogP) is 1.85. The second kappa shape index (κ2) is 6.10. The molecule has 1 rings (SSSR count). The highest BCUT2D eigenvalue weighted by Crippen LogP contribution is 2.33. The molecule has 0 aliphatic carbocycles. The van der Waals surface area contributed by atoms with Gasteiger partial charge in [-0.1, -0.05) is 12.1 Å². The smallest absolute Gasteiger partial charge is 0.379 e. The van der Waals surface area contributed by atoms with Crippen LogP contribution in [-0.2, 0) is 10.7 Å². The molecule has 1 aromatic rings. The van der Waals surface area contributed by atoms with Gasteiger partial charge < -0.3 is 15.0 Å². The fraction of sp³-hybridized carbons (Fsp3) is 0.778. The van der Waals surface area contributed by atoms with Crippen molar-refractivity contribution in [1.82, 2.24) is 10.1 Å². The van der Waals surface area contributed by atoms with Gasteiger partial charge in [0.15, 0.2) is 5.82 Å². The van der Waals surface area contributed by atoms with Gasteiger partial charge in [-0.3, -0.25) is 0 Å². The Morgan fingerprint density at radius 1 is 1.44 bits per heavy atom. The molecule has 0 amide bonds. The zero-order valence-corrected chi connectivity index (χ0v) is 9.58. The molecule has 1 aromatic heterocycles. The van der Waals surface area contributed by atoms with Crippen molar-refractivity contribution in [1.29, 1.82) is 0 Å². The van der Waals surface area contributed by atoms with Crippen molar-refractivity contribution in [3.63, 3.8) is 0 Å². The lowest BCUT2D eigenvalue weighted by molar-refractivity contribution is -0.152. The maximum absolute atomic E-state index is 12.8. The van der Waals surface area contributed by atoms with Crippen molar-refractivity contribution < 1.29 is 26.8 Å². The summed E-state index contributed by atoms with van der Waals surface area (Å²) in [6.45, 7) is 2.31. The molecule has 0 saturated carbocycles. The molecule has 0 saturated heterocycles. The largest absolute Gasteiger partial charge is 0.383 e. The van der Waals surface area contributed by atoms with Gasteiger partial charge in [0.05, 0.1) is 12.6 Å². The van der Waals surface area contributed by atoms with Crippen LogP contribution in [-0.4, -0.2) is 29.8 Å². The van der Waals surface area contributed by atoms with Gasteiger partial charge >= 0.3 is 18.2 Å². The van der Waals surface area contributed by atoms with E-state index >= 15 is 0 Å². The molecule has 2 N–H and O–H groups in total. The lowest BCUT2D eigenvalue weighted by Gasteiger charge is -2.09. The molecule has 104 valence electrons. The highest BCUT2D eigenvalue weighted by atomic mass is 19.3. The lowest BCUT2D eigenvalue weighted by atomic mass is 10.3. The summed E-state index contributed by atoms with van der Waals surface area (Å²) in [7, 11) is 0. The molecule has 1 unspecified atom stereocenters. The number of halogens is 4. The lowest BCUT2D eigenvalue weighted by Crippen LogP contribution is -2.24. The quantitative estimate of drug-likeness (QED) is 0.605. The highest BCUT2D eigenvalue weighted by Gasteiger charge is 2.48. The third-order valence-corrected chi connectivity index (χ3v) is 1.98. The Hall–Kier alpha value is -1.22. The molecule has 0 fully saturated rings. The number of alkyl halides is 4. The fourth-order valence-electron chi connectivity index (χ4n) is 1.04. The third-order valence-electron chi connectivity index (χ3n) is 1.98. The van der Waals surface area contributed by atoms with E-state index in [0.29, 0.717) is 6.61 Å². The van der Waals surface area contributed by atoms with Crippen LogP contribution < -0.4 is 5.73 Å². The monoisotopic (exact) mass is 271 g/mol. The van der Waals surface area contributed by atoms with Gasteiger partial charge in [0.2, 0.25) is 0 Å². The summed E-state index contributed by atoms with van der Waals surface area (Å²) in [6, 6.07) is -0.900. The summed E-state index contributed by atoms with van der Waals surface area (Å²) in [5.74, 6) is -6.21. The Bertz CT molecular complexity index is 372. The Balaban J connectivity index is 2.68. The van der Waals surface area contributed by atoms with E-state index in [9.17, 15) is 17.6 Å². The van der Waals surface area contributed by atoms with Gasteiger partial charge in [0.25, 0.3) is 0 Å². The van der Waals surface area contributed by atoms with Crippen molar-refractivity contribution in [2.75, 3.05) is 13.2 Å². The molecule has 1 heterocycles. The Morgan fingerprint density at radius 2 is 2.11 bits per heavy atom.